The van der Waals surface area contributed by atoms with Gasteiger partial charge in [-0.15, -0.1) is 11.3 Å². The maximum absolute atomic E-state index is 13.5. The van der Waals surface area contributed by atoms with E-state index in [9.17, 15) is 4.39 Å². The summed E-state index contributed by atoms with van der Waals surface area (Å²) in [7, 11) is 0. The highest BCUT2D eigenvalue weighted by atomic mass is 32.1. The van der Waals surface area contributed by atoms with E-state index >= 15 is 0 Å². The molecule has 0 spiro atoms. The van der Waals surface area contributed by atoms with Gasteiger partial charge in [0.2, 0.25) is 0 Å². The molecule has 2 N–H and O–H groups in total. The van der Waals surface area contributed by atoms with Crippen molar-refractivity contribution in [3.8, 4) is 10.4 Å². The molecule has 1 nitrogen and oxygen atoms in total. The van der Waals surface area contributed by atoms with Crippen molar-refractivity contribution in [2.24, 2.45) is 5.73 Å². The molecule has 0 unspecified atom stereocenters. The summed E-state index contributed by atoms with van der Waals surface area (Å²) in [5.41, 5.74) is 7.26. The van der Waals surface area contributed by atoms with E-state index < -0.39 is 0 Å². The first-order valence-corrected chi connectivity index (χ1v) is 5.57. The fraction of sp³-hybridized carbons (Fsp3) is 0.167. The van der Waals surface area contributed by atoms with Crippen LogP contribution in [0.1, 0.15) is 10.4 Å². The van der Waals surface area contributed by atoms with Crippen molar-refractivity contribution in [3.63, 3.8) is 0 Å². The van der Waals surface area contributed by atoms with Gasteiger partial charge in [-0.2, -0.15) is 0 Å². The van der Waals surface area contributed by atoms with Crippen LogP contribution in [0.4, 0.5) is 4.39 Å². The minimum atomic E-state index is -0.175. The Labute approximate surface area is 92.4 Å². The fourth-order valence-electron chi connectivity index (χ4n) is 1.46. The zero-order chi connectivity index (χ0) is 10.8. The van der Waals surface area contributed by atoms with Crippen molar-refractivity contribution in [1.82, 2.24) is 0 Å². The van der Waals surface area contributed by atoms with Crippen molar-refractivity contribution < 1.29 is 4.39 Å². The van der Waals surface area contributed by atoms with Gasteiger partial charge in [0, 0.05) is 21.9 Å². The summed E-state index contributed by atoms with van der Waals surface area (Å²) in [5, 5.41) is 0. The monoisotopic (exact) mass is 221 g/mol. The van der Waals surface area contributed by atoms with E-state index in [2.05, 4.69) is 0 Å². The lowest BCUT2D eigenvalue weighted by Crippen LogP contribution is -1.91. The summed E-state index contributed by atoms with van der Waals surface area (Å²) >= 11 is 1.54. The number of aryl methyl sites for hydroxylation is 1. The number of nitrogens with two attached hydrogens (primary N) is 1. The van der Waals surface area contributed by atoms with Crippen LogP contribution in [0.25, 0.3) is 10.4 Å². The predicted octanol–water partition coefficient (Wildman–Crippen LogP) is 3.32. The van der Waals surface area contributed by atoms with Crippen LogP contribution in [0.2, 0.25) is 0 Å². The standard InChI is InChI=1S/C12H12FNS/c1-8-2-4-11(13)10(6-8)12-5-3-9(7-14)15-12/h2-6H,7,14H2,1H3. The molecule has 1 aromatic carbocycles. The Kier molecular flexibility index (Phi) is 2.84. The third kappa shape index (κ3) is 2.08. The lowest BCUT2D eigenvalue weighted by Gasteiger charge is -2.01. The van der Waals surface area contributed by atoms with Crippen molar-refractivity contribution in [2.75, 3.05) is 0 Å². The molecule has 0 bridgehead atoms. The highest BCUT2D eigenvalue weighted by molar-refractivity contribution is 7.15. The van der Waals surface area contributed by atoms with Crippen LogP contribution in [0.3, 0.4) is 0 Å². The highest BCUT2D eigenvalue weighted by Crippen LogP contribution is 2.30. The van der Waals surface area contributed by atoms with Gasteiger partial charge < -0.3 is 5.73 Å². The smallest absolute Gasteiger partial charge is 0.131 e. The van der Waals surface area contributed by atoms with Gasteiger partial charge in [-0.1, -0.05) is 11.6 Å². The minimum absolute atomic E-state index is 0.175. The lowest BCUT2D eigenvalue weighted by atomic mass is 10.1. The first kappa shape index (κ1) is 10.3. The van der Waals surface area contributed by atoms with E-state index in [1.165, 1.54) is 6.07 Å². The number of hydrogen-bond acceptors (Lipinski definition) is 2. The summed E-state index contributed by atoms with van der Waals surface area (Å²) in [6.45, 7) is 2.47. The molecule has 0 radical (unpaired) electrons. The SMILES string of the molecule is Cc1ccc(F)c(-c2ccc(CN)s2)c1. The first-order valence-electron chi connectivity index (χ1n) is 4.76. The van der Waals surface area contributed by atoms with E-state index in [1.54, 1.807) is 17.4 Å². The summed E-state index contributed by atoms with van der Waals surface area (Å²) in [4.78, 5) is 2.02. The van der Waals surface area contributed by atoms with Crippen LogP contribution < -0.4 is 5.73 Å². The lowest BCUT2D eigenvalue weighted by molar-refractivity contribution is 0.631. The van der Waals surface area contributed by atoms with Crippen LogP contribution in [-0.4, -0.2) is 0 Å². The average molecular weight is 221 g/mol. The maximum Gasteiger partial charge on any atom is 0.131 e. The molecule has 2 aromatic rings. The van der Waals surface area contributed by atoms with Gasteiger partial charge in [0.05, 0.1) is 0 Å². The van der Waals surface area contributed by atoms with E-state index in [4.69, 9.17) is 5.73 Å². The molecular weight excluding hydrogens is 209 g/mol. The summed E-state index contributed by atoms with van der Waals surface area (Å²) in [6, 6.07) is 9.01. The van der Waals surface area contributed by atoms with Crippen LogP contribution in [0.15, 0.2) is 30.3 Å². The zero-order valence-electron chi connectivity index (χ0n) is 8.46. The molecular formula is C12H12FNS. The summed E-state index contributed by atoms with van der Waals surface area (Å²) < 4.78 is 13.5. The Morgan fingerprint density at radius 3 is 2.73 bits per heavy atom. The Balaban J connectivity index is 2.48. The van der Waals surface area contributed by atoms with E-state index in [-0.39, 0.29) is 5.82 Å². The molecule has 0 aliphatic rings. The molecule has 0 atom stereocenters. The largest absolute Gasteiger partial charge is 0.326 e. The van der Waals surface area contributed by atoms with E-state index in [1.807, 2.05) is 25.1 Å². The second-order valence-corrected chi connectivity index (χ2v) is 4.62. The van der Waals surface area contributed by atoms with Crippen LogP contribution in [-0.2, 0) is 6.54 Å². The number of rotatable bonds is 2. The van der Waals surface area contributed by atoms with Crippen molar-refractivity contribution in [3.05, 3.63) is 46.6 Å². The Bertz CT molecular complexity index is 476. The van der Waals surface area contributed by atoms with Gasteiger partial charge in [-0.3, -0.25) is 0 Å². The quantitative estimate of drug-likeness (QED) is 0.827. The molecule has 0 saturated carbocycles. The second kappa shape index (κ2) is 4.13. The van der Waals surface area contributed by atoms with Gasteiger partial charge in [0.25, 0.3) is 0 Å². The van der Waals surface area contributed by atoms with E-state index in [0.717, 1.165) is 15.3 Å². The normalized spacial score (nSPS) is 10.6. The molecule has 0 aliphatic heterocycles. The molecule has 0 amide bonds. The number of hydrogen-bond donors (Lipinski definition) is 1. The van der Waals surface area contributed by atoms with Gasteiger partial charge in [0.1, 0.15) is 5.82 Å². The van der Waals surface area contributed by atoms with Gasteiger partial charge in [0.15, 0.2) is 0 Å². The Morgan fingerprint density at radius 2 is 2.07 bits per heavy atom. The number of benzene rings is 1. The van der Waals surface area contributed by atoms with Crippen LogP contribution in [0.5, 0.6) is 0 Å². The molecule has 1 heterocycles. The van der Waals surface area contributed by atoms with Gasteiger partial charge in [-0.05, 0) is 31.2 Å². The third-order valence-electron chi connectivity index (χ3n) is 2.25. The Morgan fingerprint density at radius 1 is 1.27 bits per heavy atom. The third-order valence-corrected chi connectivity index (χ3v) is 3.39. The molecule has 0 fully saturated rings. The molecule has 1 aromatic heterocycles. The molecule has 15 heavy (non-hydrogen) atoms. The van der Waals surface area contributed by atoms with Crippen molar-refractivity contribution in [2.45, 2.75) is 13.5 Å². The topological polar surface area (TPSA) is 26.0 Å². The minimum Gasteiger partial charge on any atom is -0.326 e. The summed E-state index contributed by atoms with van der Waals surface area (Å²) in [5.74, 6) is -0.175. The number of thiophene rings is 1. The molecule has 78 valence electrons. The predicted molar refractivity (Wildman–Crippen MR) is 62.3 cm³/mol. The molecule has 3 heteroatoms. The first-order chi connectivity index (χ1) is 7.20. The van der Waals surface area contributed by atoms with Crippen LogP contribution in [0, 0.1) is 12.7 Å². The number of halogens is 1. The molecule has 0 aliphatic carbocycles. The van der Waals surface area contributed by atoms with Gasteiger partial charge in [-0.25, -0.2) is 4.39 Å². The maximum atomic E-state index is 13.5. The average Bonchev–Trinajstić information content (AvgIpc) is 2.70. The van der Waals surface area contributed by atoms with Crippen LogP contribution >= 0.6 is 11.3 Å². The zero-order valence-corrected chi connectivity index (χ0v) is 9.27. The fourth-order valence-corrected chi connectivity index (χ4v) is 2.36. The molecule has 0 saturated heterocycles. The van der Waals surface area contributed by atoms with Crippen molar-refractivity contribution >= 4 is 11.3 Å². The van der Waals surface area contributed by atoms with E-state index in [0.29, 0.717) is 12.1 Å². The molecule has 2 rings (SSSR count). The Hall–Kier alpha value is -1.19. The van der Waals surface area contributed by atoms with Crippen molar-refractivity contribution in [1.29, 1.82) is 0 Å². The summed E-state index contributed by atoms with van der Waals surface area (Å²) in [6.07, 6.45) is 0. The van der Waals surface area contributed by atoms with Gasteiger partial charge >= 0.3 is 0 Å². The highest BCUT2D eigenvalue weighted by Gasteiger charge is 2.07. The second-order valence-electron chi connectivity index (χ2n) is 3.45.